The standard InChI is InChI=1S/C13H16F10O3/c14-10(15,12(18,19)20)5-1-3-7-25-9(24)26-8-4-2-6-11(16,17)13(21,22)23/h1-8H2. The SMILES string of the molecule is O=C(OCCCCC(F)(F)C(F)(F)F)OCCCCC(F)(F)C(F)(F)F. The van der Waals surface area contributed by atoms with Crippen LogP contribution in [-0.2, 0) is 9.47 Å². The zero-order chi connectivity index (χ0) is 20.6. The average molecular weight is 410 g/mol. The Hall–Kier alpha value is -1.43. The first-order chi connectivity index (χ1) is 11.6. The topological polar surface area (TPSA) is 35.5 Å². The predicted octanol–water partition coefficient (Wildman–Crippen LogP) is 5.88. The minimum absolute atomic E-state index is 0.307. The summed E-state index contributed by atoms with van der Waals surface area (Å²) >= 11 is 0. The molecule has 0 fully saturated rings. The van der Waals surface area contributed by atoms with E-state index in [-0.39, 0.29) is 12.8 Å². The molecule has 0 amide bonds. The Bertz CT molecular complexity index is 393. The van der Waals surface area contributed by atoms with E-state index in [0.717, 1.165) is 0 Å². The van der Waals surface area contributed by atoms with Crippen molar-refractivity contribution in [1.82, 2.24) is 0 Å². The van der Waals surface area contributed by atoms with Crippen molar-refractivity contribution in [3.8, 4) is 0 Å². The van der Waals surface area contributed by atoms with Crippen molar-refractivity contribution in [1.29, 1.82) is 0 Å². The largest absolute Gasteiger partial charge is 0.508 e. The zero-order valence-corrected chi connectivity index (χ0v) is 13.2. The summed E-state index contributed by atoms with van der Waals surface area (Å²) in [5, 5.41) is 0. The van der Waals surface area contributed by atoms with Gasteiger partial charge in [-0.05, 0) is 25.7 Å². The van der Waals surface area contributed by atoms with Crippen LogP contribution in [0.2, 0.25) is 0 Å². The van der Waals surface area contributed by atoms with Crippen LogP contribution in [-0.4, -0.2) is 43.6 Å². The van der Waals surface area contributed by atoms with Gasteiger partial charge >= 0.3 is 30.4 Å². The first kappa shape index (κ1) is 24.6. The molecule has 0 aliphatic rings. The second kappa shape index (κ2) is 9.49. The van der Waals surface area contributed by atoms with Gasteiger partial charge in [0.2, 0.25) is 0 Å². The maximum atomic E-state index is 12.5. The van der Waals surface area contributed by atoms with Gasteiger partial charge in [-0.3, -0.25) is 0 Å². The normalized spacial score (nSPS) is 13.6. The molecule has 0 saturated carbocycles. The van der Waals surface area contributed by atoms with Gasteiger partial charge in [0, 0.05) is 12.8 Å². The monoisotopic (exact) mass is 410 g/mol. The molecule has 0 unspecified atom stereocenters. The molecule has 13 heteroatoms. The molecule has 0 aliphatic heterocycles. The Morgan fingerprint density at radius 1 is 0.577 bits per heavy atom. The Kier molecular flexibility index (Phi) is 8.97. The molecule has 0 heterocycles. The molecule has 0 aliphatic carbocycles. The van der Waals surface area contributed by atoms with Gasteiger partial charge in [-0.15, -0.1) is 0 Å². The molecule has 0 N–H and O–H groups in total. The lowest BCUT2D eigenvalue weighted by molar-refractivity contribution is -0.284. The van der Waals surface area contributed by atoms with E-state index >= 15 is 0 Å². The average Bonchev–Trinajstić information content (AvgIpc) is 2.43. The maximum Gasteiger partial charge on any atom is 0.508 e. The van der Waals surface area contributed by atoms with Gasteiger partial charge in [0.1, 0.15) is 0 Å². The van der Waals surface area contributed by atoms with Crippen molar-refractivity contribution < 1.29 is 58.2 Å². The van der Waals surface area contributed by atoms with E-state index in [4.69, 9.17) is 0 Å². The number of hydrogen-bond donors (Lipinski definition) is 0. The lowest BCUT2D eigenvalue weighted by atomic mass is 10.1. The fourth-order valence-electron chi connectivity index (χ4n) is 1.53. The Morgan fingerprint density at radius 2 is 0.885 bits per heavy atom. The van der Waals surface area contributed by atoms with Crippen LogP contribution < -0.4 is 0 Å². The molecular formula is C13H16F10O3. The summed E-state index contributed by atoms with van der Waals surface area (Å²) < 4.78 is 130. The maximum absolute atomic E-state index is 12.5. The van der Waals surface area contributed by atoms with E-state index in [0.29, 0.717) is 0 Å². The molecule has 0 saturated heterocycles. The van der Waals surface area contributed by atoms with Crippen LogP contribution in [0.15, 0.2) is 0 Å². The molecule has 0 radical (unpaired) electrons. The molecule has 0 aromatic heterocycles. The first-order valence-electron chi connectivity index (χ1n) is 7.29. The van der Waals surface area contributed by atoms with Crippen LogP contribution in [0.4, 0.5) is 48.7 Å². The number of ether oxygens (including phenoxy) is 2. The number of carbonyl (C=O) groups is 1. The van der Waals surface area contributed by atoms with Crippen molar-refractivity contribution >= 4 is 6.16 Å². The quantitative estimate of drug-likeness (QED) is 0.257. The zero-order valence-electron chi connectivity index (χ0n) is 13.2. The molecule has 26 heavy (non-hydrogen) atoms. The smallest absolute Gasteiger partial charge is 0.434 e. The Morgan fingerprint density at radius 3 is 1.15 bits per heavy atom. The van der Waals surface area contributed by atoms with Crippen molar-refractivity contribution in [3.05, 3.63) is 0 Å². The molecular weight excluding hydrogens is 394 g/mol. The molecule has 0 aromatic carbocycles. The summed E-state index contributed by atoms with van der Waals surface area (Å²) in [4.78, 5) is 11.0. The van der Waals surface area contributed by atoms with E-state index in [9.17, 15) is 48.7 Å². The van der Waals surface area contributed by atoms with Gasteiger partial charge in [-0.1, -0.05) is 0 Å². The Labute approximate surface area is 141 Å². The van der Waals surface area contributed by atoms with E-state index in [1.807, 2.05) is 0 Å². The summed E-state index contributed by atoms with van der Waals surface area (Å²) in [7, 11) is 0. The van der Waals surface area contributed by atoms with E-state index < -0.39 is 69.3 Å². The third-order valence-electron chi connectivity index (χ3n) is 3.04. The van der Waals surface area contributed by atoms with Crippen molar-refractivity contribution in [2.75, 3.05) is 13.2 Å². The van der Waals surface area contributed by atoms with Gasteiger partial charge in [-0.25, -0.2) is 4.79 Å². The lowest BCUT2D eigenvalue weighted by Crippen LogP contribution is -2.36. The fourth-order valence-corrected chi connectivity index (χ4v) is 1.53. The number of rotatable bonds is 10. The fraction of sp³-hybridized carbons (Fsp3) is 0.923. The first-order valence-corrected chi connectivity index (χ1v) is 7.29. The highest BCUT2D eigenvalue weighted by Gasteiger charge is 2.57. The van der Waals surface area contributed by atoms with Crippen molar-refractivity contribution in [2.24, 2.45) is 0 Å². The molecule has 3 nitrogen and oxygen atoms in total. The molecule has 156 valence electrons. The van der Waals surface area contributed by atoms with Crippen LogP contribution in [0.25, 0.3) is 0 Å². The third-order valence-corrected chi connectivity index (χ3v) is 3.04. The third kappa shape index (κ3) is 8.79. The highest BCUT2D eigenvalue weighted by molar-refractivity contribution is 5.59. The minimum Gasteiger partial charge on any atom is -0.434 e. The van der Waals surface area contributed by atoms with Gasteiger partial charge in [0.15, 0.2) is 0 Å². The number of halogens is 10. The van der Waals surface area contributed by atoms with Crippen molar-refractivity contribution in [3.63, 3.8) is 0 Å². The van der Waals surface area contributed by atoms with Gasteiger partial charge in [-0.2, -0.15) is 43.9 Å². The highest BCUT2D eigenvalue weighted by Crippen LogP contribution is 2.39. The summed E-state index contributed by atoms with van der Waals surface area (Å²) in [6.45, 7) is -1.03. The lowest BCUT2D eigenvalue weighted by Gasteiger charge is -2.19. The minimum atomic E-state index is -5.67. The van der Waals surface area contributed by atoms with Crippen molar-refractivity contribution in [2.45, 2.75) is 62.7 Å². The van der Waals surface area contributed by atoms with E-state index in [1.54, 1.807) is 0 Å². The second-order valence-electron chi connectivity index (χ2n) is 5.27. The number of hydrogen-bond acceptors (Lipinski definition) is 3. The van der Waals surface area contributed by atoms with E-state index in [1.165, 1.54) is 0 Å². The summed E-state index contributed by atoms with van der Waals surface area (Å²) in [6, 6.07) is 0. The van der Waals surface area contributed by atoms with Crippen LogP contribution in [0.1, 0.15) is 38.5 Å². The molecule has 0 atom stereocenters. The van der Waals surface area contributed by atoms with Crippen LogP contribution in [0.3, 0.4) is 0 Å². The van der Waals surface area contributed by atoms with Crippen LogP contribution in [0.5, 0.6) is 0 Å². The summed E-state index contributed by atoms with van der Waals surface area (Å²) in [6.07, 6.45) is -17.4. The number of carbonyl (C=O) groups excluding carboxylic acids is 1. The van der Waals surface area contributed by atoms with Gasteiger partial charge in [0.05, 0.1) is 13.2 Å². The van der Waals surface area contributed by atoms with Crippen LogP contribution >= 0.6 is 0 Å². The Balaban J connectivity index is 3.77. The molecule has 0 spiro atoms. The predicted molar refractivity (Wildman–Crippen MR) is 67.0 cm³/mol. The molecule has 0 aromatic rings. The highest BCUT2D eigenvalue weighted by atomic mass is 19.4. The number of unbranched alkanes of at least 4 members (excludes halogenated alkanes) is 2. The van der Waals surface area contributed by atoms with E-state index in [2.05, 4.69) is 9.47 Å². The van der Waals surface area contributed by atoms with Gasteiger partial charge < -0.3 is 9.47 Å². The number of alkyl halides is 10. The summed E-state index contributed by atoms with van der Waals surface area (Å²) in [5.74, 6) is -9.71. The summed E-state index contributed by atoms with van der Waals surface area (Å²) in [5.41, 5.74) is 0. The van der Waals surface area contributed by atoms with Crippen LogP contribution in [0, 0.1) is 0 Å². The van der Waals surface area contributed by atoms with Gasteiger partial charge in [0.25, 0.3) is 0 Å². The second-order valence-corrected chi connectivity index (χ2v) is 5.27. The molecule has 0 rings (SSSR count). The molecule has 0 bridgehead atoms.